The summed E-state index contributed by atoms with van der Waals surface area (Å²) in [5.74, 6) is -0.430. The number of ether oxygens (including phenoxy) is 3. The molecule has 2 heterocycles. The quantitative estimate of drug-likeness (QED) is 0.317. The maximum Gasteiger partial charge on any atom is 0.573 e. The number of nitrogens with one attached hydrogen (secondary N) is 2. The van der Waals surface area contributed by atoms with E-state index < -0.39 is 30.2 Å². The molecule has 0 bridgehead atoms. The first-order valence-electron chi connectivity index (χ1n) is 11.4. The molecule has 7 nitrogen and oxygen atoms in total. The van der Waals surface area contributed by atoms with Gasteiger partial charge in [0, 0.05) is 17.1 Å². The highest BCUT2D eigenvalue weighted by Crippen LogP contribution is 2.37. The van der Waals surface area contributed by atoms with Gasteiger partial charge in [0.1, 0.15) is 5.75 Å². The molecule has 1 aliphatic rings. The Morgan fingerprint density at radius 3 is 2.57 bits per heavy atom. The highest BCUT2D eigenvalue weighted by molar-refractivity contribution is 5.99. The molecule has 0 aliphatic carbocycles. The molecular formula is C27H23F3N2O5. The summed E-state index contributed by atoms with van der Waals surface area (Å²) in [4.78, 5) is 16.5. The number of aromatic amines is 1. The topological polar surface area (TPSA) is 92.8 Å². The van der Waals surface area contributed by atoms with Crippen molar-refractivity contribution in [1.29, 1.82) is 0 Å². The first-order chi connectivity index (χ1) is 17.6. The van der Waals surface area contributed by atoms with Crippen LogP contribution in [0.4, 0.5) is 13.2 Å². The van der Waals surface area contributed by atoms with Crippen LogP contribution < -0.4 is 19.5 Å². The third kappa shape index (κ3) is 5.19. The molecule has 1 amide bonds. The van der Waals surface area contributed by atoms with Crippen molar-refractivity contribution in [1.82, 2.24) is 10.3 Å². The average molecular weight is 512 g/mol. The van der Waals surface area contributed by atoms with Gasteiger partial charge in [0.2, 0.25) is 6.79 Å². The summed E-state index contributed by atoms with van der Waals surface area (Å²) in [5, 5.41) is 13.8. The van der Waals surface area contributed by atoms with E-state index in [-0.39, 0.29) is 18.8 Å². The van der Waals surface area contributed by atoms with Crippen molar-refractivity contribution >= 4 is 16.8 Å². The van der Waals surface area contributed by atoms with Gasteiger partial charge < -0.3 is 29.6 Å². The van der Waals surface area contributed by atoms with Gasteiger partial charge in [-0.1, -0.05) is 30.3 Å². The Balaban J connectivity index is 1.47. The van der Waals surface area contributed by atoms with Crippen LogP contribution in [0.2, 0.25) is 0 Å². The number of carbonyl (C=O) groups excluding carboxylic acids is 1. The lowest BCUT2D eigenvalue weighted by atomic mass is 9.92. The Bertz CT molecular complexity index is 1470. The minimum atomic E-state index is -5.00. The fourth-order valence-electron chi connectivity index (χ4n) is 4.36. The lowest BCUT2D eigenvalue weighted by molar-refractivity contribution is -0.274. The summed E-state index contributed by atoms with van der Waals surface area (Å²) in [5.41, 5.74) is 1.31. The number of aromatic nitrogens is 1. The van der Waals surface area contributed by atoms with Gasteiger partial charge in [0.05, 0.1) is 17.7 Å². The lowest BCUT2D eigenvalue weighted by Crippen LogP contribution is -2.50. The molecule has 0 saturated heterocycles. The smallest absolute Gasteiger partial charge is 0.454 e. The van der Waals surface area contributed by atoms with Crippen LogP contribution in [0.5, 0.6) is 17.2 Å². The number of rotatable bonds is 7. The highest BCUT2D eigenvalue weighted by Gasteiger charge is 2.35. The second-order valence-corrected chi connectivity index (χ2v) is 9.04. The van der Waals surface area contributed by atoms with Gasteiger partial charge in [-0.2, -0.15) is 0 Å². The highest BCUT2D eigenvalue weighted by atomic mass is 19.4. The number of aliphatic hydroxyl groups excluding tert-OH is 1. The van der Waals surface area contributed by atoms with E-state index in [0.717, 1.165) is 22.5 Å². The van der Waals surface area contributed by atoms with E-state index in [1.54, 1.807) is 31.3 Å². The van der Waals surface area contributed by atoms with Crippen molar-refractivity contribution in [3.05, 3.63) is 78.0 Å². The van der Waals surface area contributed by atoms with Crippen molar-refractivity contribution in [3.63, 3.8) is 0 Å². The fourth-order valence-corrected chi connectivity index (χ4v) is 4.36. The summed E-state index contributed by atoms with van der Waals surface area (Å²) < 4.78 is 54.3. The molecule has 0 fully saturated rings. The standard InChI is InChI=1S/C27H23F3N2O5/c1-26(14-33,12-18-13-31-21-5-3-2-4-19(18)21)32-25(34)20-10-16(6-8-22(20)37-27(28,29)30)17-7-9-23-24(11-17)36-15-35-23/h2-11,13,31,33H,12,14-15H2,1H3,(H,32,34). The number of hydrogen-bond acceptors (Lipinski definition) is 5. The number of fused-ring (bicyclic) bond motifs is 2. The molecule has 1 aromatic heterocycles. The fraction of sp³-hybridized carbons (Fsp3) is 0.222. The van der Waals surface area contributed by atoms with Gasteiger partial charge in [0.25, 0.3) is 5.91 Å². The first kappa shape index (κ1) is 24.5. The zero-order chi connectivity index (χ0) is 26.2. The molecule has 4 aromatic rings. The van der Waals surface area contributed by atoms with Crippen LogP contribution in [0, 0.1) is 0 Å². The molecule has 192 valence electrons. The molecule has 0 saturated carbocycles. The average Bonchev–Trinajstić information content (AvgIpc) is 3.50. The maximum atomic E-state index is 13.4. The maximum absolute atomic E-state index is 13.4. The molecule has 5 rings (SSSR count). The molecule has 0 spiro atoms. The largest absolute Gasteiger partial charge is 0.573 e. The molecule has 1 atom stereocenters. The van der Waals surface area contributed by atoms with Crippen LogP contribution >= 0.6 is 0 Å². The van der Waals surface area contributed by atoms with E-state index >= 15 is 0 Å². The summed E-state index contributed by atoms with van der Waals surface area (Å²) in [6.45, 7) is 1.25. The molecule has 3 N–H and O–H groups in total. The van der Waals surface area contributed by atoms with Crippen molar-refractivity contribution < 1.29 is 37.3 Å². The van der Waals surface area contributed by atoms with Crippen LogP contribution in [-0.2, 0) is 6.42 Å². The third-order valence-corrected chi connectivity index (χ3v) is 6.18. The monoisotopic (exact) mass is 512 g/mol. The number of benzene rings is 3. The molecule has 1 aliphatic heterocycles. The van der Waals surface area contributed by atoms with Gasteiger partial charge in [-0.3, -0.25) is 4.79 Å². The van der Waals surface area contributed by atoms with Gasteiger partial charge >= 0.3 is 6.36 Å². The number of aliphatic hydroxyl groups is 1. The van der Waals surface area contributed by atoms with E-state index in [0.29, 0.717) is 22.6 Å². The molecule has 0 radical (unpaired) electrons. The Morgan fingerprint density at radius 2 is 1.78 bits per heavy atom. The van der Waals surface area contributed by atoms with Gasteiger partial charge in [0.15, 0.2) is 11.5 Å². The van der Waals surface area contributed by atoms with E-state index in [2.05, 4.69) is 15.0 Å². The van der Waals surface area contributed by atoms with E-state index in [1.165, 1.54) is 12.1 Å². The number of carbonyl (C=O) groups is 1. The number of para-hydroxylation sites is 1. The van der Waals surface area contributed by atoms with Crippen LogP contribution in [0.1, 0.15) is 22.8 Å². The first-order valence-corrected chi connectivity index (χ1v) is 11.4. The molecule has 1 unspecified atom stereocenters. The molecule has 37 heavy (non-hydrogen) atoms. The van der Waals surface area contributed by atoms with E-state index in [9.17, 15) is 23.1 Å². The van der Waals surface area contributed by atoms with Crippen LogP contribution in [0.3, 0.4) is 0 Å². The molecule has 10 heteroatoms. The van der Waals surface area contributed by atoms with Crippen molar-refractivity contribution in [2.24, 2.45) is 0 Å². The number of amides is 1. The third-order valence-electron chi connectivity index (χ3n) is 6.18. The Morgan fingerprint density at radius 1 is 1.05 bits per heavy atom. The number of hydrogen-bond donors (Lipinski definition) is 3. The predicted octanol–water partition coefficient (Wildman–Crippen LogP) is 5.19. The Kier molecular flexibility index (Phi) is 6.20. The van der Waals surface area contributed by atoms with Crippen molar-refractivity contribution in [2.75, 3.05) is 13.4 Å². The van der Waals surface area contributed by atoms with Gasteiger partial charge in [-0.25, -0.2) is 0 Å². The van der Waals surface area contributed by atoms with Crippen LogP contribution in [-0.4, -0.2) is 41.3 Å². The minimum absolute atomic E-state index is 0.0704. The second-order valence-electron chi connectivity index (χ2n) is 9.04. The SMILES string of the molecule is CC(CO)(Cc1c[nH]c2ccccc12)NC(=O)c1cc(-c2ccc3c(c2)OCO3)ccc1OC(F)(F)F. The van der Waals surface area contributed by atoms with Gasteiger partial charge in [-0.15, -0.1) is 13.2 Å². The molecular weight excluding hydrogens is 489 g/mol. The number of H-pyrrole nitrogens is 1. The zero-order valence-corrected chi connectivity index (χ0v) is 19.7. The Labute approximate surface area is 209 Å². The van der Waals surface area contributed by atoms with Crippen molar-refractivity contribution in [3.8, 4) is 28.4 Å². The Hall–Kier alpha value is -4.18. The number of alkyl halides is 3. The normalized spacial score (nSPS) is 14.4. The van der Waals surface area contributed by atoms with E-state index in [4.69, 9.17) is 9.47 Å². The van der Waals surface area contributed by atoms with E-state index in [1.807, 2.05) is 24.3 Å². The zero-order valence-electron chi connectivity index (χ0n) is 19.7. The minimum Gasteiger partial charge on any atom is -0.454 e. The summed E-state index contributed by atoms with van der Waals surface area (Å²) in [6.07, 6.45) is -2.99. The van der Waals surface area contributed by atoms with Gasteiger partial charge in [-0.05, 0) is 60.4 Å². The summed E-state index contributed by atoms with van der Waals surface area (Å²) >= 11 is 0. The predicted molar refractivity (Wildman–Crippen MR) is 130 cm³/mol. The second kappa shape index (κ2) is 9.36. The number of halogens is 3. The molecule has 3 aromatic carbocycles. The van der Waals surface area contributed by atoms with Crippen LogP contribution in [0.15, 0.2) is 66.9 Å². The summed E-state index contributed by atoms with van der Waals surface area (Å²) in [7, 11) is 0. The summed E-state index contributed by atoms with van der Waals surface area (Å²) in [6, 6.07) is 16.5. The van der Waals surface area contributed by atoms with Crippen molar-refractivity contribution in [2.45, 2.75) is 25.2 Å². The lowest BCUT2D eigenvalue weighted by Gasteiger charge is -2.29. The van der Waals surface area contributed by atoms with Crippen LogP contribution in [0.25, 0.3) is 22.0 Å².